The van der Waals surface area contributed by atoms with Gasteiger partial charge < -0.3 is 10.6 Å². The normalized spacial score (nSPS) is 12.1. The topological polar surface area (TPSA) is 105 Å². The first-order chi connectivity index (χ1) is 11.3. The number of nitrogens with one attached hydrogen (secondary N) is 3. The summed E-state index contributed by atoms with van der Waals surface area (Å²) in [6, 6.07) is 5.95. The molecule has 1 aromatic heterocycles. The second-order valence-corrected chi connectivity index (χ2v) is 7.25. The van der Waals surface area contributed by atoms with Gasteiger partial charge in [0.25, 0.3) is 0 Å². The Bertz CT molecular complexity index is 805. The van der Waals surface area contributed by atoms with E-state index in [2.05, 4.69) is 20.5 Å². The Morgan fingerprint density at radius 2 is 1.84 bits per heavy atom. The van der Waals surface area contributed by atoms with Gasteiger partial charge in [-0.25, -0.2) is 8.42 Å². The Morgan fingerprint density at radius 1 is 1.24 bits per heavy atom. The van der Waals surface area contributed by atoms with Gasteiger partial charge in [0.05, 0.1) is 11.9 Å². The van der Waals surface area contributed by atoms with Crippen LogP contribution in [0.5, 0.6) is 0 Å². The molecule has 25 heavy (non-hydrogen) atoms. The van der Waals surface area contributed by atoms with Crippen LogP contribution in [0.25, 0.3) is 0 Å². The molecule has 0 aliphatic heterocycles. The molecule has 10 heteroatoms. The standard InChI is InChI=1S/C15H21N5O3S.ClH/c1-4-24(22,23)19-13-7-5-12(6-8-13)18-15(21)14(16-2)11-9-17-20(3)10-11;/h5-10,14,16,19H,4H2,1-3H3,(H,18,21);1H. The first kappa shape index (κ1) is 20.9. The summed E-state index contributed by atoms with van der Waals surface area (Å²) in [5.41, 5.74) is 1.78. The molecule has 1 unspecified atom stereocenters. The van der Waals surface area contributed by atoms with Crippen LogP contribution in [-0.2, 0) is 21.9 Å². The quantitative estimate of drug-likeness (QED) is 0.667. The predicted molar refractivity (Wildman–Crippen MR) is 100 cm³/mol. The summed E-state index contributed by atoms with van der Waals surface area (Å²) in [6.45, 7) is 1.56. The third kappa shape index (κ3) is 5.73. The Labute approximate surface area is 153 Å². The highest BCUT2D eigenvalue weighted by atomic mass is 35.5. The lowest BCUT2D eigenvalue weighted by atomic mass is 10.1. The van der Waals surface area contributed by atoms with E-state index >= 15 is 0 Å². The van der Waals surface area contributed by atoms with E-state index in [9.17, 15) is 13.2 Å². The van der Waals surface area contributed by atoms with Crippen LogP contribution in [0.2, 0.25) is 0 Å². The Hall–Kier alpha value is -2.10. The first-order valence-electron chi connectivity index (χ1n) is 7.42. The van der Waals surface area contributed by atoms with Crippen LogP contribution in [0, 0.1) is 0 Å². The highest BCUT2D eigenvalue weighted by molar-refractivity contribution is 7.92. The fourth-order valence-corrected chi connectivity index (χ4v) is 2.77. The number of anilines is 2. The van der Waals surface area contributed by atoms with E-state index in [-0.39, 0.29) is 24.1 Å². The number of carbonyl (C=O) groups excluding carboxylic acids is 1. The van der Waals surface area contributed by atoms with Crippen LogP contribution >= 0.6 is 12.4 Å². The van der Waals surface area contributed by atoms with E-state index in [0.717, 1.165) is 5.56 Å². The molecule has 2 rings (SSSR count). The Morgan fingerprint density at radius 3 is 2.32 bits per heavy atom. The number of likely N-dealkylation sites (N-methyl/N-ethyl adjacent to an activating group) is 1. The first-order valence-corrected chi connectivity index (χ1v) is 9.07. The fourth-order valence-electron chi connectivity index (χ4n) is 2.13. The second-order valence-electron chi connectivity index (χ2n) is 5.24. The van der Waals surface area contributed by atoms with Crippen LogP contribution in [0.3, 0.4) is 0 Å². The van der Waals surface area contributed by atoms with Gasteiger partial charge in [-0.05, 0) is 38.2 Å². The molecule has 1 aromatic carbocycles. The van der Waals surface area contributed by atoms with Crippen molar-refractivity contribution in [1.29, 1.82) is 0 Å². The number of hydrogen-bond acceptors (Lipinski definition) is 5. The smallest absolute Gasteiger partial charge is 0.246 e. The SMILES string of the molecule is CCS(=O)(=O)Nc1ccc(NC(=O)C(NC)c2cnn(C)c2)cc1.Cl. The summed E-state index contributed by atoms with van der Waals surface area (Å²) in [4.78, 5) is 12.4. The molecular weight excluding hydrogens is 366 g/mol. The van der Waals surface area contributed by atoms with Crippen LogP contribution in [0.1, 0.15) is 18.5 Å². The van der Waals surface area contributed by atoms with Crippen LogP contribution in [-0.4, -0.2) is 36.9 Å². The van der Waals surface area contributed by atoms with Crippen molar-refractivity contribution in [2.45, 2.75) is 13.0 Å². The molecule has 0 aliphatic rings. The lowest BCUT2D eigenvalue weighted by molar-refractivity contribution is -0.118. The van der Waals surface area contributed by atoms with E-state index in [1.54, 1.807) is 62.4 Å². The monoisotopic (exact) mass is 387 g/mol. The van der Waals surface area contributed by atoms with Crippen LogP contribution in [0.15, 0.2) is 36.7 Å². The summed E-state index contributed by atoms with van der Waals surface area (Å²) in [6.07, 6.45) is 3.40. The van der Waals surface area contributed by atoms with Gasteiger partial charge in [-0.1, -0.05) is 0 Å². The van der Waals surface area contributed by atoms with Crippen molar-refractivity contribution in [2.75, 3.05) is 22.8 Å². The van der Waals surface area contributed by atoms with Crippen molar-refractivity contribution in [3.8, 4) is 0 Å². The summed E-state index contributed by atoms with van der Waals surface area (Å²) < 4.78 is 27.1. The molecule has 2 aromatic rings. The van der Waals surface area contributed by atoms with E-state index in [1.165, 1.54) is 0 Å². The zero-order chi connectivity index (χ0) is 17.7. The molecule has 1 heterocycles. The van der Waals surface area contributed by atoms with Crippen molar-refractivity contribution in [2.24, 2.45) is 7.05 Å². The van der Waals surface area contributed by atoms with Crippen molar-refractivity contribution >= 4 is 39.7 Å². The maximum atomic E-state index is 12.4. The molecule has 3 N–H and O–H groups in total. The maximum Gasteiger partial charge on any atom is 0.246 e. The molecule has 1 amide bonds. The van der Waals surface area contributed by atoms with Gasteiger partial charge in [0.1, 0.15) is 6.04 Å². The molecule has 138 valence electrons. The number of amides is 1. The Balaban J connectivity index is 0.00000312. The number of halogens is 1. The van der Waals surface area contributed by atoms with E-state index in [1.807, 2.05) is 0 Å². The van der Waals surface area contributed by atoms with Crippen molar-refractivity contribution in [3.63, 3.8) is 0 Å². The molecule has 0 saturated carbocycles. The maximum absolute atomic E-state index is 12.4. The fraction of sp³-hybridized carbons (Fsp3) is 0.333. The van der Waals surface area contributed by atoms with Gasteiger partial charge in [0, 0.05) is 30.2 Å². The minimum Gasteiger partial charge on any atom is -0.324 e. The molecule has 1 atom stereocenters. The molecule has 0 aliphatic carbocycles. The average Bonchev–Trinajstić information content (AvgIpc) is 2.96. The third-order valence-corrected chi connectivity index (χ3v) is 4.72. The lowest BCUT2D eigenvalue weighted by Gasteiger charge is -2.15. The summed E-state index contributed by atoms with van der Waals surface area (Å²) >= 11 is 0. The number of hydrogen-bond donors (Lipinski definition) is 3. The van der Waals surface area contributed by atoms with Crippen molar-refractivity contribution < 1.29 is 13.2 Å². The van der Waals surface area contributed by atoms with E-state index in [0.29, 0.717) is 11.4 Å². The second kappa shape index (κ2) is 8.84. The molecule has 0 radical (unpaired) electrons. The highest BCUT2D eigenvalue weighted by Crippen LogP contribution is 2.18. The predicted octanol–water partition coefficient (Wildman–Crippen LogP) is 1.50. The molecular formula is C15H22ClN5O3S. The molecule has 0 bridgehead atoms. The summed E-state index contributed by atoms with van der Waals surface area (Å²) in [5.74, 6) is -0.229. The number of sulfonamides is 1. The Kier molecular flexibility index (Phi) is 7.40. The van der Waals surface area contributed by atoms with Gasteiger partial charge in [0.2, 0.25) is 15.9 Å². The number of nitrogens with zero attached hydrogens (tertiary/aromatic N) is 2. The van der Waals surface area contributed by atoms with Gasteiger partial charge in [-0.2, -0.15) is 5.10 Å². The van der Waals surface area contributed by atoms with Gasteiger partial charge >= 0.3 is 0 Å². The molecule has 0 fully saturated rings. The zero-order valence-corrected chi connectivity index (χ0v) is 15.8. The number of aromatic nitrogens is 2. The van der Waals surface area contributed by atoms with Gasteiger partial charge in [-0.3, -0.25) is 14.2 Å². The highest BCUT2D eigenvalue weighted by Gasteiger charge is 2.20. The number of aryl methyl sites for hydroxylation is 1. The van der Waals surface area contributed by atoms with E-state index in [4.69, 9.17) is 0 Å². The van der Waals surface area contributed by atoms with E-state index < -0.39 is 16.1 Å². The number of benzene rings is 1. The zero-order valence-electron chi connectivity index (χ0n) is 14.2. The number of rotatable bonds is 7. The summed E-state index contributed by atoms with van der Waals surface area (Å²) in [5, 5.41) is 9.79. The van der Waals surface area contributed by atoms with Crippen LogP contribution in [0.4, 0.5) is 11.4 Å². The summed E-state index contributed by atoms with van der Waals surface area (Å²) in [7, 11) is 0.160. The number of carbonyl (C=O) groups is 1. The molecule has 0 spiro atoms. The molecule has 0 saturated heterocycles. The largest absolute Gasteiger partial charge is 0.324 e. The van der Waals surface area contributed by atoms with Gasteiger partial charge in [-0.15, -0.1) is 12.4 Å². The minimum atomic E-state index is -3.32. The average molecular weight is 388 g/mol. The molecule has 8 nitrogen and oxygen atoms in total. The van der Waals surface area contributed by atoms with Crippen molar-refractivity contribution in [1.82, 2.24) is 15.1 Å². The van der Waals surface area contributed by atoms with Gasteiger partial charge in [0.15, 0.2) is 0 Å². The lowest BCUT2D eigenvalue weighted by Crippen LogP contribution is -2.30. The van der Waals surface area contributed by atoms with Crippen LogP contribution < -0.4 is 15.4 Å². The minimum absolute atomic E-state index is 0. The third-order valence-electron chi connectivity index (χ3n) is 3.41. The van der Waals surface area contributed by atoms with Crippen molar-refractivity contribution in [3.05, 3.63) is 42.2 Å².